The van der Waals surface area contributed by atoms with Crippen molar-refractivity contribution in [3.63, 3.8) is 0 Å². The molecule has 0 aliphatic heterocycles. The third kappa shape index (κ3) is 8.89. The molecule has 1 atom stereocenters. The Morgan fingerprint density at radius 2 is 1.25 bits per heavy atom. The topological polar surface area (TPSA) is 0 Å². The first-order valence-electron chi connectivity index (χ1n) is 0.577. The van der Waals surface area contributed by atoms with Gasteiger partial charge in [0.15, 0.2) is 0 Å². The molecule has 25 valence electrons. The zero-order valence-corrected chi connectivity index (χ0v) is 8.24. The molecule has 0 aromatic heterocycles. The summed E-state index contributed by atoms with van der Waals surface area (Å²) in [6, 6.07) is 0. The monoisotopic (exact) mass is 243 g/mol. The fourth-order valence-electron chi connectivity index (χ4n) is 0. The number of hydrogen-bond donors (Lipinski definition) is 0. The van der Waals surface area contributed by atoms with Gasteiger partial charge in [-0.3, -0.25) is 0 Å². The molecule has 0 fully saturated rings. The molecule has 0 aliphatic rings. The van der Waals surface area contributed by atoms with Crippen molar-refractivity contribution in [3.8, 4) is 0 Å². The minimum Gasteiger partial charge on any atom is -0.179 e. The third-order valence-electron chi connectivity index (χ3n) is 0. The van der Waals surface area contributed by atoms with Gasteiger partial charge in [-0.25, -0.2) is 0 Å². The Morgan fingerprint density at radius 1 is 1.25 bits per heavy atom. The average molecular weight is 243 g/mol. The molecule has 0 nitrogen and oxygen atoms in total. The molecular formula is H4BLaNiP. The molecule has 0 saturated heterocycles. The normalized spacial score (nSPS) is 1.25. The van der Waals surface area contributed by atoms with Crippen molar-refractivity contribution in [2.45, 2.75) is 0 Å². The van der Waals surface area contributed by atoms with E-state index >= 15 is 0 Å². The second-order valence-electron chi connectivity index (χ2n) is 0. The Kier molecular flexibility index (Phi) is 78.0. The Bertz CT molecular complexity index is 8.00. The Labute approximate surface area is 68.0 Å². The molecule has 0 heterocycles. The predicted octanol–water partition coefficient (Wildman–Crippen LogP) is -0.593. The average Bonchev–Trinajstić information content (AvgIpc) is 1.00. The van der Waals surface area contributed by atoms with Crippen LogP contribution in [0.15, 0.2) is 0 Å². The second kappa shape index (κ2) is 19.0. The van der Waals surface area contributed by atoms with Crippen molar-refractivity contribution in [3.05, 3.63) is 0 Å². The van der Waals surface area contributed by atoms with Crippen molar-refractivity contribution >= 4 is 16.7 Å². The van der Waals surface area contributed by atoms with Gasteiger partial charge >= 0.3 is 0 Å². The molecule has 0 aromatic carbocycles. The van der Waals surface area contributed by atoms with Crippen LogP contribution in [0.4, 0.5) is 0 Å². The smallest absolute Gasteiger partial charge is 0.126 e. The molecule has 0 bridgehead atoms. The van der Waals surface area contributed by atoms with Crippen LogP contribution < -0.4 is 0 Å². The van der Waals surface area contributed by atoms with Gasteiger partial charge in [-0.2, -0.15) is 9.12 Å². The van der Waals surface area contributed by atoms with E-state index < -0.39 is 0 Å². The van der Waals surface area contributed by atoms with Gasteiger partial charge < -0.3 is 0 Å². The predicted molar refractivity (Wildman–Crippen MR) is 18.3 cm³/mol. The van der Waals surface area contributed by atoms with Crippen LogP contribution in [0, 0.1) is 35.6 Å². The molecule has 0 amide bonds. The van der Waals surface area contributed by atoms with Crippen LogP contribution in [0.25, 0.3) is 0 Å². The molecule has 0 N–H and O–H groups in total. The molecule has 4 heavy (non-hydrogen) atoms. The van der Waals surface area contributed by atoms with E-state index in [1.54, 1.807) is 0 Å². The van der Waals surface area contributed by atoms with Crippen LogP contribution >= 0.6 is 9.12 Å². The van der Waals surface area contributed by atoms with Crippen LogP contribution in [0.3, 0.4) is 0 Å². The van der Waals surface area contributed by atoms with Gasteiger partial charge in [0, 0.05) is 52.1 Å². The van der Waals surface area contributed by atoms with Crippen LogP contribution in [0.5, 0.6) is 0 Å². The fourth-order valence-corrected chi connectivity index (χ4v) is 0. The standard InChI is InChI=1S/BH4P.La.Ni/c1-2;;/h1-2H2;;. The van der Waals surface area contributed by atoms with Crippen LogP contribution in [0.2, 0.25) is 0 Å². The maximum absolute atomic E-state index is 2.42. The maximum atomic E-state index is 2.42. The van der Waals surface area contributed by atoms with Crippen LogP contribution in [-0.4, -0.2) is 7.57 Å². The van der Waals surface area contributed by atoms with E-state index in [1.165, 1.54) is 0 Å². The van der Waals surface area contributed by atoms with Gasteiger partial charge in [0.25, 0.3) is 0 Å². The minimum atomic E-state index is 0. The van der Waals surface area contributed by atoms with Crippen LogP contribution in [0.1, 0.15) is 0 Å². The largest absolute Gasteiger partial charge is 0.179 e. The van der Waals surface area contributed by atoms with Gasteiger partial charge in [0.05, 0.1) is 0 Å². The third-order valence-corrected chi connectivity index (χ3v) is 0. The summed E-state index contributed by atoms with van der Waals surface area (Å²) in [5.74, 6) is 0. The van der Waals surface area contributed by atoms with Gasteiger partial charge in [0.2, 0.25) is 0 Å². The maximum Gasteiger partial charge on any atom is 0.126 e. The van der Waals surface area contributed by atoms with Gasteiger partial charge in [-0.05, 0) is 0 Å². The van der Waals surface area contributed by atoms with Crippen molar-refractivity contribution in [2.75, 3.05) is 0 Å². The molecule has 0 rings (SSSR count). The quantitative estimate of drug-likeness (QED) is 0.394. The van der Waals surface area contributed by atoms with E-state index in [1.807, 2.05) is 7.57 Å². The number of hydrogen-bond acceptors (Lipinski definition) is 0. The summed E-state index contributed by atoms with van der Waals surface area (Å²) in [5.41, 5.74) is 0. The molecular weight excluding hydrogens is 239 g/mol. The van der Waals surface area contributed by atoms with E-state index in [9.17, 15) is 0 Å². The van der Waals surface area contributed by atoms with Gasteiger partial charge in [0.1, 0.15) is 7.57 Å². The number of rotatable bonds is 0. The molecule has 0 spiro atoms. The Morgan fingerprint density at radius 3 is 1.25 bits per heavy atom. The first-order chi connectivity index (χ1) is 1.00. The summed E-state index contributed by atoms with van der Waals surface area (Å²) in [4.78, 5) is 0. The molecule has 4 heteroatoms. The minimum absolute atomic E-state index is 0. The fraction of sp³-hybridized carbons (Fsp3) is 0. The van der Waals surface area contributed by atoms with Gasteiger partial charge in [-0.15, -0.1) is 0 Å². The SMILES string of the molecule is BP.[La].[Ni]. The van der Waals surface area contributed by atoms with Crippen molar-refractivity contribution in [1.29, 1.82) is 0 Å². The summed E-state index contributed by atoms with van der Waals surface area (Å²) in [7, 11) is 4.33. The molecule has 0 aliphatic carbocycles. The van der Waals surface area contributed by atoms with E-state index in [0.29, 0.717) is 0 Å². The van der Waals surface area contributed by atoms with E-state index in [0.717, 1.165) is 0 Å². The van der Waals surface area contributed by atoms with Crippen LogP contribution in [-0.2, 0) is 16.5 Å². The Hall–Kier alpha value is 2.18. The van der Waals surface area contributed by atoms with Crippen molar-refractivity contribution in [2.24, 2.45) is 0 Å². The zero-order chi connectivity index (χ0) is 2.00. The summed E-state index contributed by atoms with van der Waals surface area (Å²) in [5, 5.41) is 0. The molecule has 0 aromatic rings. The second-order valence-corrected chi connectivity index (χ2v) is 0. The summed E-state index contributed by atoms with van der Waals surface area (Å²) in [6.07, 6.45) is 0. The molecule has 1 radical (unpaired) electrons. The summed E-state index contributed by atoms with van der Waals surface area (Å²) < 4.78 is 0. The van der Waals surface area contributed by atoms with Gasteiger partial charge in [-0.1, -0.05) is 0 Å². The van der Waals surface area contributed by atoms with Crippen molar-refractivity contribution in [1.82, 2.24) is 0 Å². The summed E-state index contributed by atoms with van der Waals surface area (Å²) >= 11 is 0. The Balaban J connectivity index is -0.00000000500. The van der Waals surface area contributed by atoms with E-state index in [2.05, 4.69) is 9.12 Å². The zero-order valence-electron chi connectivity index (χ0n) is 2.47. The van der Waals surface area contributed by atoms with E-state index in [4.69, 9.17) is 0 Å². The summed E-state index contributed by atoms with van der Waals surface area (Å²) in [6.45, 7) is 0. The molecule has 1 unspecified atom stereocenters. The van der Waals surface area contributed by atoms with E-state index in [-0.39, 0.29) is 52.1 Å². The first-order valence-corrected chi connectivity index (χ1v) is 1.73. The first kappa shape index (κ1) is 16.4. The van der Waals surface area contributed by atoms with Crippen molar-refractivity contribution < 1.29 is 52.1 Å². The molecule has 0 saturated carbocycles.